The highest BCUT2D eigenvalue weighted by Crippen LogP contribution is 2.52. The predicted molar refractivity (Wildman–Crippen MR) is 132 cm³/mol. The van der Waals surface area contributed by atoms with Crippen molar-refractivity contribution < 1.29 is 32.2 Å². The zero-order valence-electron chi connectivity index (χ0n) is 21.1. The lowest BCUT2D eigenvalue weighted by Gasteiger charge is -2.50. The van der Waals surface area contributed by atoms with Gasteiger partial charge in [-0.2, -0.15) is 13.2 Å². The number of ether oxygens (including phenoxy) is 2. The molecule has 0 aliphatic carbocycles. The lowest BCUT2D eigenvalue weighted by Crippen LogP contribution is -2.60. The Hall–Kier alpha value is -3.07. The van der Waals surface area contributed by atoms with Crippen molar-refractivity contribution in [2.45, 2.75) is 50.3 Å². The van der Waals surface area contributed by atoms with Crippen LogP contribution in [-0.4, -0.2) is 56.2 Å². The second kappa shape index (κ2) is 10.7. The first-order chi connectivity index (χ1) is 17.7. The molecule has 2 saturated heterocycles. The first kappa shape index (κ1) is 27.0. The molecule has 0 unspecified atom stereocenters. The summed E-state index contributed by atoms with van der Waals surface area (Å²) in [4.78, 5) is 27.3. The number of piperidine rings is 2. The van der Waals surface area contributed by atoms with Crippen LogP contribution in [0, 0.1) is 5.41 Å². The van der Waals surface area contributed by atoms with Crippen LogP contribution in [0.5, 0.6) is 5.75 Å². The molecule has 2 fully saturated rings. The van der Waals surface area contributed by atoms with Crippen molar-refractivity contribution >= 4 is 11.8 Å². The van der Waals surface area contributed by atoms with Gasteiger partial charge in [0.15, 0.2) is 0 Å². The van der Waals surface area contributed by atoms with E-state index in [1.165, 1.54) is 29.2 Å². The number of hydrogen-bond acceptors (Lipinski definition) is 4. The topological polar surface area (TPSA) is 67.9 Å². The molecule has 2 aliphatic heterocycles. The first-order valence-corrected chi connectivity index (χ1v) is 12.6. The van der Waals surface area contributed by atoms with Gasteiger partial charge in [0.05, 0.1) is 6.61 Å². The number of halogens is 3. The van der Waals surface area contributed by atoms with Gasteiger partial charge in [-0.25, -0.2) is 0 Å². The van der Waals surface area contributed by atoms with E-state index in [2.05, 4.69) is 5.32 Å². The van der Waals surface area contributed by atoms with Crippen LogP contribution in [0.2, 0.25) is 0 Å². The molecule has 200 valence electrons. The summed E-state index contributed by atoms with van der Waals surface area (Å²) in [6.45, 7) is 3.17. The van der Waals surface area contributed by atoms with Crippen molar-refractivity contribution in [2.75, 3.05) is 33.4 Å². The standard InChI is InChI=1S/C28H33F3N2O4/c1-3-17-37-23-12-8-7-11-21(23)22-19-32-24(34)18-26(22)13-15-33(16-14-26)25(35)27(36-2,28(29,30)31)20-9-5-4-6-10-20/h4-12,22H,3,13-19H2,1-2H3,(H,32,34)/t22-,27+/m0/s1. The molecule has 2 aromatic rings. The Morgan fingerprint density at radius 2 is 1.73 bits per heavy atom. The predicted octanol–water partition coefficient (Wildman–Crippen LogP) is 4.79. The van der Waals surface area contributed by atoms with E-state index in [0.29, 0.717) is 26.0 Å². The number of para-hydroxylation sites is 1. The Kier molecular flexibility index (Phi) is 7.83. The highest BCUT2D eigenvalue weighted by atomic mass is 19.4. The van der Waals surface area contributed by atoms with Crippen LogP contribution in [0.15, 0.2) is 54.6 Å². The third kappa shape index (κ3) is 4.93. The monoisotopic (exact) mass is 518 g/mol. The summed E-state index contributed by atoms with van der Waals surface area (Å²) in [5, 5.41) is 2.95. The SMILES string of the molecule is CCCOc1ccccc1[C@@H]1CNC(=O)CC12CCN(C(=O)[C@](OC)(c1ccccc1)C(F)(F)F)CC2. The molecule has 2 amide bonds. The van der Waals surface area contributed by atoms with E-state index in [4.69, 9.17) is 9.47 Å². The summed E-state index contributed by atoms with van der Waals surface area (Å²) in [6.07, 6.45) is -3.08. The lowest BCUT2D eigenvalue weighted by atomic mass is 9.62. The van der Waals surface area contributed by atoms with Crippen molar-refractivity contribution in [1.29, 1.82) is 0 Å². The van der Waals surface area contributed by atoms with Crippen LogP contribution in [0.3, 0.4) is 0 Å². The molecular formula is C28H33F3N2O4. The van der Waals surface area contributed by atoms with Crippen molar-refractivity contribution in [3.05, 3.63) is 65.7 Å². The number of carbonyl (C=O) groups excluding carboxylic acids is 2. The zero-order chi connectivity index (χ0) is 26.7. The summed E-state index contributed by atoms with van der Waals surface area (Å²) in [5.74, 6) is -0.553. The van der Waals surface area contributed by atoms with Crippen molar-refractivity contribution in [3.63, 3.8) is 0 Å². The average molecular weight is 519 g/mol. The fourth-order valence-electron chi connectivity index (χ4n) is 5.79. The second-order valence-electron chi connectivity index (χ2n) is 9.82. The molecular weight excluding hydrogens is 485 g/mol. The number of amides is 2. The maximum absolute atomic E-state index is 14.5. The van der Waals surface area contributed by atoms with Crippen LogP contribution in [0.1, 0.15) is 49.7 Å². The quantitative estimate of drug-likeness (QED) is 0.572. The van der Waals surface area contributed by atoms with E-state index >= 15 is 0 Å². The van der Waals surface area contributed by atoms with Gasteiger partial charge in [0, 0.05) is 44.6 Å². The van der Waals surface area contributed by atoms with Crippen molar-refractivity contribution in [2.24, 2.45) is 5.41 Å². The van der Waals surface area contributed by atoms with Gasteiger partial charge in [-0.1, -0.05) is 55.5 Å². The van der Waals surface area contributed by atoms with Crippen LogP contribution < -0.4 is 10.1 Å². The van der Waals surface area contributed by atoms with Crippen LogP contribution >= 0.6 is 0 Å². The third-order valence-electron chi connectivity index (χ3n) is 7.74. The molecule has 1 N–H and O–H groups in total. The Morgan fingerprint density at radius 1 is 1.08 bits per heavy atom. The molecule has 0 saturated carbocycles. The normalized spacial score (nSPS) is 21.3. The van der Waals surface area contributed by atoms with Gasteiger partial charge in [0.1, 0.15) is 5.75 Å². The van der Waals surface area contributed by atoms with Gasteiger partial charge in [-0.05, 0) is 36.3 Å². The number of likely N-dealkylation sites (tertiary alicyclic amines) is 1. The Labute approximate surface area is 215 Å². The summed E-state index contributed by atoms with van der Waals surface area (Å²) in [5.41, 5.74) is -2.87. The minimum Gasteiger partial charge on any atom is -0.493 e. The van der Waals surface area contributed by atoms with Gasteiger partial charge in [-0.15, -0.1) is 0 Å². The molecule has 6 nitrogen and oxygen atoms in total. The number of benzene rings is 2. The molecule has 0 bridgehead atoms. The fraction of sp³-hybridized carbons (Fsp3) is 0.500. The smallest absolute Gasteiger partial charge is 0.430 e. The number of hydrogen-bond donors (Lipinski definition) is 1. The molecule has 9 heteroatoms. The molecule has 37 heavy (non-hydrogen) atoms. The first-order valence-electron chi connectivity index (χ1n) is 12.6. The summed E-state index contributed by atoms with van der Waals surface area (Å²) in [7, 11) is 0.915. The van der Waals surface area contributed by atoms with Gasteiger partial charge in [-0.3, -0.25) is 9.59 Å². The van der Waals surface area contributed by atoms with Gasteiger partial charge < -0.3 is 19.7 Å². The van der Waals surface area contributed by atoms with E-state index in [0.717, 1.165) is 24.8 Å². The molecule has 4 rings (SSSR count). The van der Waals surface area contributed by atoms with E-state index in [-0.39, 0.29) is 36.9 Å². The maximum Gasteiger partial charge on any atom is 0.430 e. The Balaban J connectivity index is 1.62. The highest BCUT2D eigenvalue weighted by Gasteiger charge is 2.64. The third-order valence-corrected chi connectivity index (χ3v) is 7.74. The van der Waals surface area contributed by atoms with Crippen molar-refractivity contribution in [1.82, 2.24) is 10.2 Å². The second-order valence-corrected chi connectivity index (χ2v) is 9.82. The van der Waals surface area contributed by atoms with E-state index in [1.807, 2.05) is 31.2 Å². The molecule has 2 heterocycles. The number of alkyl halides is 3. The maximum atomic E-state index is 14.5. The number of nitrogens with one attached hydrogen (secondary N) is 1. The largest absolute Gasteiger partial charge is 0.493 e. The van der Waals surface area contributed by atoms with E-state index < -0.39 is 23.1 Å². The molecule has 2 atom stereocenters. The van der Waals surface area contributed by atoms with Gasteiger partial charge in [0.2, 0.25) is 5.91 Å². The van der Waals surface area contributed by atoms with Crippen molar-refractivity contribution in [3.8, 4) is 5.75 Å². The number of rotatable bonds is 7. The van der Waals surface area contributed by atoms with Gasteiger partial charge in [0.25, 0.3) is 11.5 Å². The molecule has 2 aliphatic rings. The van der Waals surface area contributed by atoms with Crippen LogP contribution in [0.4, 0.5) is 13.2 Å². The number of nitrogens with zero attached hydrogens (tertiary/aromatic N) is 1. The zero-order valence-corrected chi connectivity index (χ0v) is 21.1. The fourth-order valence-corrected chi connectivity index (χ4v) is 5.79. The van der Waals surface area contributed by atoms with Crippen LogP contribution in [0.25, 0.3) is 0 Å². The summed E-state index contributed by atoms with van der Waals surface area (Å²) in [6, 6.07) is 14.7. The summed E-state index contributed by atoms with van der Waals surface area (Å²) < 4.78 is 54.4. The molecule has 0 radical (unpaired) electrons. The molecule has 1 spiro atoms. The Bertz CT molecular complexity index is 1100. The summed E-state index contributed by atoms with van der Waals surface area (Å²) >= 11 is 0. The minimum atomic E-state index is -4.96. The highest BCUT2D eigenvalue weighted by molar-refractivity contribution is 5.88. The number of methoxy groups -OCH3 is 1. The van der Waals surface area contributed by atoms with Crippen LogP contribution in [-0.2, 0) is 19.9 Å². The Morgan fingerprint density at radius 3 is 2.35 bits per heavy atom. The minimum absolute atomic E-state index is 0.0839. The van der Waals surface area contributed by atoms with Gasteiger partial charge >= 0.3 is 6.18 Å². The average Bonchev–Trinajstić information content (AvgIpc) is 2.89. The lowest BCUT2D eigenvalue weighted by molar-refractivity contribution is -0.271. The molecule has 0 aromatic heterocycles. The van der Waals surface area contributed by atoms with E-state index in [1.54, 1.807) is 6.07 Å². The van der Waals surface area contributed by atoms with E-state index in [9.17, 15) is 22.8 Å². The molecule has 2 aromatic carbocycles. The number of carbonyl (C=O) groups is 2.